The number of hydrogen-bond donors (Lipinski definition) is 1. The lowest BCUT2D eigenvalue weighted by atomic mass is 10.1. The van der Waals surface area contributed by atoms with Crippen molar-refractivity contribution in [1.29, 1.82) is 0 Å². The van der Waals surface area contributed by atoms with Gasteiger partial charge in [-0.05, 0) is 47.5 Å². The maximum atomic E-state index is 11.5. The number of allylic oxidation sites excluding steroid dienone is 2. The fourth-order valence-electron chi connectivity index (χ4n) is 1.28. The van der Waals surface area contributed by atoms with E-state index in [0.29, 0.717) is 12.6 Å². The van der Waals surface area contributed by atoms with Gasteiger partial charge in [0.2, 0.25) is 0 Å². The van der Waals surface area contributed by atoms with Crippen molar-refractivity contribution in [3.8, 4) is 0 Å². The van der Waals surface area contributed by atoms with E-state index in [1.807, 2.05) is 0 Å². The molecule has 0 aliphatic heterocycles. The number of rotatable bonds is 7. The monoisotopic (exact) mass is 261 g/mol. The van der Waals surface area contributed by atoms with Crippen molar-refractivity contribution in [2.24, 2.45) is 0 Å². The highest BCUT2D eigenvalue weighted by atomic mass is 32.2. The predicted molar refractivity (Wildman–Crippen MR) is 75.1 cm³/mol. The average molecular weight is 261 g/mol. The van der Waals surface area contributed by atoms with Crippen LogP contribution in [0, 0.1) is 0 Å². The van der Waals surface area contributed by atoms with Crippen LogP contribution in [0.15, 0.2) is 11.6 Å². The molecule has 0 unspecified atom stereocenters. The normalized spacial score (nSPS) is 14.5. The van der Waals surface area contributed by atoms with Crippen LogP contribution in [0.1, 0.15) is 47.5 Å². The summed E-state index contributed by atoms with van der Waals surface area (Å²) in [6.07, 6.45) is 5.57. The highest BCUT2D eigenvalue weighted by molar-refractivity contribution is 7.92. The highest BCUT2D eigenvalue weighted by Crippen LogP contribution is 2.14. The summed E-state index contributed by atoms with van der Waals surface area (Å²) < 4.78 is 22.3. The van der Waals surface area contributed by atoms with Gasteiger partial charge in [-0.3, -0.25) is 0 Å². The van der Waals surface area contributed by atoms with E-state index < -0.39 is 14.6 Å². The SMILES string of the molecule is CC(C)=CCC[C@H](C)NCC(C)(C)S(C)(=O)=O. The largest absolute Gasteiger partial charge is 0.313 e. The lowest BCUT2D eigenvalue weighted by molar-refractivity contribution is 0.465. The molecule has 0 saturated carbocycles. The molecule has 0 saturated heterocycles. The van der Waals surface area contributed by atoms with Crippen molar-refractivity contribution in [3.05, 3.63) is 11.6 Å². The summed E-state index contributed by atoms with van der Waals surface area (Å²) in [6, 6.07) is 0.339. The van der Waals surface area contributed by atoms with E-state index in [4.69, 9.17) is 0 Å². The molecule has 1 atom stereocenters. The molecule has 0 aromatic heterocycles. The summed E-state index contributed by atoms with van der Waals surface area (Å²) in [6.45, 7) is 10.3. The Morgan fingerprint density at radius 3 is 2.29 bits per heavy atom. The van der Waals surface area contributed by atoms with E-state index in [1.165, 1.54) is 11.8 Å². The first-order valence-corrected chi connectivity index (χ1v) is 8.02. The summed E-state index contributed by atoms with van der Waals surface area (Å²) in [5.74, 6) is 0. The number of nitrogens with one attached hydrogen (secondary N) is 1. The molecule has 0 amide bonds. The average Bonchev–Trinajstić information content (AvgIpc) is 2.12. The molecular formula is C13H27NO2S. The van der Waals surface area contributed by atoms with Gasteiger partial charge in [-0.2, -0.15) is 0 Å². The van der Waals surface area contributed by atoms with Gasteiger partial charge in [0.05, 0.1) is 4.75 Å². The molecule has 0 heterocycles. The molecule has 3 nitrogen and oxygen atoms in total. The molecule has 17 heavy (non-hydrogen) atoms. The van der Waals surface area contributed by atoms with Crippen LogP contribution >= 0.6 is 0 Å². The van der Waals surface area contributed by atoms with Crippen LogP contribution in [0.4, 0.5) is 0 Å². The smallest absolute Gasteiger partial charge is 0.153 e. The number of sulfone groups is 1. The van der Waals surface area contributed by atoms with Crippen LogP contribution in [0.2, 0.25) is 0 Å². The Balaban J connectivity index is 4.09. The van der Waals surface area contributed by atoms with E-state index in [9.17, 15) is 8.42 Å². The molecule has 0 aromatic carbocycles. The van der Waals surface area contributed by atoms with Crippen LogP contribution < -0.4 is 5.32 Å². The minimum Gasteiger partial charge on any atom is -0.313 e. The van der Waals surface area contributed by atoms with Crippen LogP contribution in [0.5, 0.6) is 0 Å². The minimum absolute atomic E-state index is 0.339. The molecule has 0 bridgehead atoms. The lowest BCUT2D eigenvalue weighted by Gasteiger charge is -2.25. The third kappa shape index (κ3) is 6.84. The first-order chi connectivity index (χ1) is 7.56. The van der Waals surface area contributed by atoms with Gasteiger partial charge in [0.25, 0.3) is 0 Å². The first kappa shape index (κ1) is 16.6. The molecule has 0 rings (SSSR count). The second-order valence-corrected chi connectivity index (χ2v) is 8.32. The Labute approximate surface area is 107 Å². The Morgan fingerprint density at radius 2 is 1.88 bits per heavy atom. The molecule has 0 fully saturated rings. The summed E-state index contributed by atoms with van der Waals surface area (Å²) in [7, 11) is -3.01. The second-order valence-electron chi connectivity index (χ2n) is 5.67. The van der Waals surface area contributed by atoms with Crippen LogP contribution in [0.3, 0.4) is 0 Å². The summed E-state index contributed by atoms with van der Waals surface area (Å²) in [5, 5.41) is 3.29. The zero-order chi connectivity index (χ0) is 13.7. The molecule has 0 aliphatic rings. The van der Waals surface area contributed by atoms with Gasteiger partial charge < -0.3 is 5.32 Å². The van der Waals surface area contributed by atoms with Crippen molar-refractivity contribution in [2.75, 3.05) is 12.8 Å². The van der Waals surface area contributed by atoms with Gasteiger partial charge in [-0.25, -0.2) is 8.42 Å². The van der Waals surface area contributed by atoms with Gasteiger partial charge in [-0.1, -0.05) is 11.6 Å². The molecule has 1 N–H and O–H groups in total. The molecule has 102 valence electrons. The maximum Gasteiger partial charge on any atom is 0.153 e. The Kier molecular flexibility index (Phi) is 6.41. The van der Waals surface area contributed by atoms with Crippen molar-refractivity contribution in [3.63, 3.8) is 0 Å². The van der Waals surface area contributed by atoms with E-state index in [-0.39, 0.29) is 0 Å². The predicted octanol–water partition coefficient (Wildman–Crippen LogP) is 2.53. The molecule has 0 aliphatic carbocycles. The Hall–Kier alpha value is -0.350. The van der Waals surface area contributed by atoms with Crippen LogP contribution in [-0.2, 0) is 9.84 Å². The summed E-state index contributed by atoms with van der Waals surface area (Å²) in [4.78, 5) is 0. The maximum absolute atomic E-state index is 11.5. The molecule has 4 heteroatoms. The Bertz CT molecular complexity index is 352. The van der Waals surface area contributed by atoms with E-state index in [2.05, 4.69) is 32.2 Å². The molecule has 0 aromatic rings. The van der Waals surface area contributed by atoms with Crippen molar-refractivity contribution in [2.45, 2.75) is 58.2 Å². The first-order valence-electron chi connectivity index (χ1n) is 6.12. The fraction of sp³-hybridized carbons (Fsp3) is 0.846. The third-order valence-electron chi connectivity index (χ3n) is 3.03. The zero-order valence-electron chi connectivity index (χ0n) is 12.0. The van der Waals surface area contributed by atoms with Crippen molar-refractivity contribution >= 4 is 9.84 Å². The molecule has 0 spiro atoms. The second kappa shape index (κ2) is 6.55. The van der Waals surface area contributed by atoms with E-state index in [1.54, 1.807) is 13.8 Å². The topological polar surface area (TPSA) is 46.2 Å². The zero-order valence-corrected chi connectivity index (χ0v) is 12.8. The molecule has 0 radical (unpaired) electrons. The van der Waals surface area contributed by atoms with Gasteiger partial charge >= 0.3 is 0 Å². The summed E-state index contributed by atoms with van der Waals surface area (Å²) >= 11 is 0. The van der Waals surface area contributed by atoms with Gasteiger partial charge in [-0.15, -0.1) is 0 Å². The van der Waals surface area contributed by atoms with E-state index in [0.717, 1.165) is 12.8 Å². The van der Waals surface area contributed by atoms with Gasteiger partial charge in [0, 0.05) is 18.8 Å². The van der Waals surface area contributed by atoms with Crippen molar-refractivity contribution < 1.29 is 8.42 Å². The highest BCUT2D eigenvalue weighted by Gasteiger charge is 2.29. The lowest BCUT2D eigenvalue weighted by Crippen LogP contribution is -2.44. The van der Waals surface area contributed by atoms with E-state index >= 15 is 0 Å². The Morgan fingerprint density at radius 1 is 1.35 bits per heavy atom. The third-order valence-corrected chi connectivity index (χ3v) is 5.18. The standard InChI is InChI=1S/C13H27NO2S/c1-11(2)8-7-9-12(3)14-10-13(4,5)17(6,15)16/h8,12,14H,7,9-10H2,1-6H3/t12-/m0/s1. The van der Waals surface area contributed by atoms with Gasteiger partial charge in [0.1, 0.15) is 0 Å². The number of hydrogen-bond acceptors (Lipinski definition) is 3. The van der Waals surface area contributed by atoms with Crippen molar-refractivity contribution in [1.82, 2.24) is 5.32 Å². The fourth-order valence-corrected chi connectivity index (χ4v) is 1.62. The van der Waals surface area contributed by atoms with Gasteiger partial charge in [0.15, 0.2) is 9.84 Å². The molecular weight excluding hydrogens is 234 g/mol. The quantitative estimate of drug-likeness (QED) is 0.716. The minimum atomic E-state index is -3.01. The van der Waals surface area contributed by atoms with Crippen LogP contribution in [0.25, 0.3) is 0 Å². The van der Waals surface area contributed by atoms with Crippen LogP contribution in [-0.4, -0.2) is 32.0 Å². The summed E-state index contributed by atoms with van der Waals surface area (Å²) in [5.41, 5.74) is 1.33.